The Kier molecular flexibility index (Phi) is 6.16. The van der Waals surface area contributed by atoms with Gasteiger partial charge in [0.15, 0.2) is 0 Å². The molecule has 0 N–H and O–H groups in total. The van der Waals surface area contributed by atoms with Crippen molar-refractivity contribution in [1.82, 2.24) is 0 Å². The van der Waals surface area contributed by atoms with E-state index in [4.69, 9.17) is 0 Å². The van der Waals surface area contributed by atoms with Crippen molar-refractivity contribution in [2.45, 2.75) is 0 Å². The maximum atomic E-state index is 2.28. The molecule has 0 aliphatic rings. The van der Waals surface area contributed by atoms with Crippen LogP contribution in [0.2, 0.25) is 0 Å². The number of hydrogen-bond donors (Lipinski definition) is 0. The van der Waals surface area contributed by atoms with Crippen LogP contribution in [-0.2, 0) is 0 Å². The van der Waals surface area contributed by atoms with Crippen molar-refractivity contribution in [2.75, 3.05) is 0 Å². The van der Waals surface area contributed by atoms with Gasteiger partial charge in [-0.1, -0.05) is 72.8 Å². The Labute approximate surface area is 169 Å². The van der Waals surface area contributed by atoms with Crippen molar-refractivity contribution in [3.63, 3.8) is 0 Å². The molecule has 0 aliphatic heterocycles. The van der Waals surface area contributed by atoms with E-state index in [0.29, 0.717) is 0 Å². The largest absolute Gasteiger partial charge is 0.144 e. The normalized spacial score (nSPS) is 10.8. The summed E-state index contributed by atoms with van der Waals surface area (Å²) >= 11 is 0. The molecule has 0 aliphatic carbocycles. The molecule has 0 amide bonds. The van der Waals surface area contributed by atoms with Gasteiger partial charge in [-0.2, -0.15) is 0 Å². The molecule has 2 heteroatoms. The molecule has 4 aromatic carbocycles. The molecule has 126 valence electrons. The summed E-state index contributed by atoms with van der Waals surface area (Å²) in [4.78, 5) is 0. The minimum Gasteiger partial charge on any atom is -0.0620 e. The van der Waals surface area contributed by atoms with Crippen LogP contribution < -0.4 is 21.2 Å². The van der Waals surface area contributed by atoms with Gasteiger partial charge in [-0.3, -0.25) is 0 Å². The second kappa shape index (κ2) is 8.55. The molecule has 0 bridgehead atoms. The molecule has 0 saturated heterocycles. The smallest absolute Gasteiger partial charge is 0.0620 e. The van der Waals surface area contributed by atoms with Gasteiger partial charge in [-0.05, 0) is 48.5 Å². The van der Waals surface area contributed by atoms with Crippen LogP contribution in [0.15, 0.2) is 121 Å². The zero-order chi connectivity index (χ0) is 17.0. The summed E-state index contributed by atoms with van der Waals surface area (Å²) in [6.45, 7) is 0. The number of benzene rings is 4. The molecule has 0 aromatic heterocycles. The van der Waals surface area contributed by atoms with Gasteiger partial charge in [0.2, 0.25) is 0 Å². The van der Waals surface area contributed by atoms with Crippen LogP contribution in [0, 0.1) is 0 Å². The molecule has 4 rings (SSSR count). The summed E-state index contributed by atoms with van der Waals surface area (Å²) in [5.41, 5.74) is 0. The van der Waals surface area contributed by atoms with Gasteiger partial charge < -0.3 is 0 Å². The molecule has 0 unspecified atom stereocenters. The molecule has 26 heavy (non-hydrogen) atoms. The monoisotopic (exact) mass is 411 g/mol. The van der Waals surface area contributed by atoms with E-state index in [-0.39, 0.29) is 19.8 Å². The summed E-state index contributed by atoms with van der Waals surface area (Å²) in [5.74, 6) is 0. The Morgan fingerprint density at radius 2 is 0.500 bits per heavy atom. The van der Waals surface area contributed by atoms with E-state index in [1.54, 1.807) is 0 Å². The van der Waals surface area contributed by atoms with Crippen molar-refractivity contribution in [3.8, 4) is 0 Å². The molecular weight excluding hydrogens is 389 g/mol. The second-order valence-electron chi connectivity index (χ2n) is 6.01. The molecule has 0 spiro atoms. The molecule has 4 aromatic rings. The van der Waals surface area contributed by atoms with Crippen LogP contribution >= 0.6 is 7.26 Å². The maximum absolute atomic E-state index is 2.28. The van der Waals surface area contributed by atoms with Gasteiger partial charge >= 0.3 is 19.8 Å². The Bertz CT molecular complexity index is 759. The summed E-state index contributed by atoms with van der Waals surface area (Å²) in [6, 6.07) is 43.8. The molecule has 0 radical (unpaired) electrons. The van der Waals surface area contributed by atoms with Crippen molar-refractivity contribution >= 4 is 48.3 Å². The quantitative estimate of drug-likeness (QED) is 0.357. The average Bonchev–Trinajstić information content (AvgIpc) is 2.72. The van der Waals surface area contributed by atoms with Gasteiger partial charge in [-0.15, -0.1) is 0 Å². The van der Waals surface area contributed by atoms with Gasteiger partial charge in [0.05, 0.1) is 0 Å². The van der Waals surface area contributed by atoms with Crippen LogP contribution in [0.5, 0.6) is 0 Å². The van der Waals surface area contributed by atoms with Gasteiger partial charge in [-0.25, -0.2) is 0 Å². The summed E-state index contributed by atoms with van der Waals surface area (Å²) < 4.78 is 0. The standard InChI is InChI=1S/C24H20P.Ga.3H/c1-5-13-21(14-6-1)25(22-15-7-2-8-16-22,23-17-9-3-10-18-23)24-19-11-4-12-20-24;;;;/h1-20H;;;;/q+1;;;;. The fraction of sp³-hybridized carbons (Fsp3) is 0. The third kappa shape index (κ3) is 3.31. The zero-order valence-corrected chi connectivity index (χ0v) is 14.9. The van der Waals surface area contributed by atoms with Gasteiger partial charge in [0.1, 0.15) is 28.5 Å². The van der Waals surface area contributed by atoms with E-state index >= 15 is 0 Å². The van der Waals surface area contributed by atoms with E-state index in [1.165, 1.54) is 21.2 Å². The van der Waals surface area contributed by atoms with Crippen LogP contribution in [0.25, 0.3) is 0 Å². The first-order valence-corrected chi connectivity index (χ1v) is 10.3. The number of hydrogen-bond acceptors (Lipinski definition) is 0. The summed E-state index contributed by atoms with van der Waals surface area (Å²) in [5, 5.41) is 5.55. The first-order chi connectivity index (χ1) is 12.4. The topological polar surface area (TPSA) is 0 Å². The number of rotatable bonds is 4. The van der Waals surface area contributed by atoms with E-state index in [1.807, 2.05) is 0 Å². The van der Waals surface area contributed by atoms with Crippen molar-refractivity contribution in [3.05, 3.63) is 121 Å². The molecule has 0 saturated carbocycles. The SMILES string of the molecule is [GaH3].c1ccc([P+](c2ccccc2)(c2ccccc2)c2ccccc2)cc1. The second-order valence-corrected chi connectivity index (χ2v) is 9.42. The fourth-order valence-corrected chi connectivity index (χ4v) is 7.77. The van der Waals surface area contributed by atoms with Crippen molar-refractivity contribution in [1.29, 1.82) is 0 Å². The van der Waals surface area contributed by atoms with Crippen LogP contribution in [0.1, 0.15) is 0 Å². The predicted molar refractivity (Wildman–Crippen MR) is 121 cm³/mol. The Hall–Kier alpha value is -2.05. The third-order valence-corrected chi connectivity index (χ3v) is 8.86. The van der Waals surface area contributed by atoms with Crippen LogP contribution in [0.4, 0.5) is 0 Å². The first kappa shape index (κ1) is 18.7. The molecule has 0 fully saturated rings. The van der Waals surface area contributed by atoms with Gasteiger partial charge in [0, 0.05) is 0 Å². The van der Waals surface area contributed by atoms with E-state index < -0.39 is 7.26 Å². The molecule has 0 nitrogen and oxygen atoms in total. The average molecular weight is 412 g/mol. The minimum absolute atomic E-state index is 0. The molecule has 0 heterocycles. The fourth-order valence-electron chi connectivity index (χ4n) is 3.50. The third-order valence-electron chi connectivity index (χ3n) is 4.57. The maximum Gasteiger partial charge on any atom is 0.144 e. The van der Waals surface area contributed by atoms with Crippen molar-refractivity contribution < 1.29 is 0 Å². The summed E-state index contributed by atoms with van der Waals surface area (Å²) in [6.07, 6.45) is 0. The summed E-state index contributed by atoms with van der Waals surface area (Å²) in [7, 11) is -1.91. The predicted octanol–water partition coefficient (Wildman–Crippen LogP) is 3.12. The van der Waals surface area contributed by atoms with Crippen LogP contribution in [0.3, 0.4) is 0 Å². The Morgan fingerprint density at radius 3 is 0.692 bits per heavy atom. The van der Waals surface area contributed by atoms with E-state index in [2.05, 4.69) is 121 Å². The van der Waals surface area contributed by atoms with Crippen molar-refractivity contribution in [2.24, 2.45) is 0 Å². The van der Waals surface area contributed by atoms with Gasteiger partial charge in [0.25, 0.3) is 0 Å². The minimum atomic E-state index is -1.91. The Morgan fingerprint density at radius 1 is 0.308 bits per heavy atom. The first-order valence-electron chi connectivity index (χ1n) is 8.54. The van der Waals surface area contributed by atoms with E-state index in [9.17, 15) is 0 Å². The van der Waals surface area contributed by atoms with Crippen LogP contribution in [-0.4, -0.2) is 19.8 Å². The zero-order valence-electron chi connectivity index (χ0n) is 14.0. The molecular formula is C24H23GaP+. The Balaban J connectivity index is 0.00000196. The van der Waals surface area contributed by atoms with E-state index in [0.717, 1.165) is 0 Å². The molecule has 0 atom stereocenters.